The average Bonchev–Trinajstić information content (AvgIpc) is 2.96. The number of rotatable bonds is 5. The Labute approximate surface area is 137 Å². The predicted molar refractivity (Wildman–Crippen MR) is 87.7 cm³/mol. The van der Waals surface area contributed by atoms with Gasteiger partial charge in [-0.15, -0.1) is 0 Å². The van der Waals surface area contributed by atoms with E-state index >= 15 is 0 Å². The van der Waals surface area contributed by atoms with E-state index in [0.717, 1.165) is 26.2 Å². The van der Waals surface area contributed by atoms with Crippen molar-refractivity contribution in [2.24, 2.45) is 5.92 Å². The zero-order valence-corrected chi connectivity index (χ0v) is 14.0. The second-order valence-electron chi connectivity index (χ2n) is 6.97. The van der Waals surface area contributed by atoms with Crippen molar-refractivity contribution in [1.29, 1.82) is 0 Å². The van der Waals surface area contributed by atoms with Gasteiger partial charge < -0.3 is 14.8 Å². The Morgan fingerprint density at radius 1 is 1.30 bits per heavy atom. The Balaban J connectivity index is 1.59. The summed E-state index contributed by atoms with van der Waals surface area (Å²) in [6, 6.07) is 4.39. The van der Waals surface area contributed by atoms with Gasteiger partial charge in [0.15, 0.2) is 0 Å². The Bertz CT molecular complexity index is 581. The fourth-order valence-corrected chi connectivity index (χ4v) is 3.36. The molecule has 2 saturated heterocycles. The normalized spacial score (nSPS) is 22.4. The third-order valence-electron chi connectivity index (χ3n) is 4.78. The van der Waals surface area contributed by atoms with Gasteiger partial charge in [0.05, 0.1) is 6.04 Å². The molecule has 1 aromatic heterocycles. The first kappa shape index (κ1) is 16.1. The van der Waals surface area contributed by atoms with E-state index in [1.54, 1.807) is 4.90 Å². The molecule has 3 heterocycles. The van der Waals surface area contributed by atoms with Crippen molar-refractivity contribution in [3.05, 3.63) is 24.0 Å². The number of amides is 2. The average molecular weight is 318 g/mol. The van der Waals surface area contributed by atoms with Gasteiger partial charge in [0, 0.05) is 51.2 Å². The number of fused-ring (bicyclic) bond motifs is 1. The first-order valence-electron chi connectivity index (χ1n) is 8.49. The summed E-state index contributed by atoms with van der Waals surface area (Å²) >= 11 is 0. The van der Waals surface area contributed by atoms with Gasteiger partial charge in [-0.2, -0.15) is 0 Å². The lowest BCUT2D eigenvalue weighted by atomic mass is 10.1. The van der Waals surface area contributed by atoms with Crippen LogP contribution in [0.25, 0.3) is 0 Å². The molecule has 2 aliphatic heterocycles. The number of carbonyl (C=O) groups excluding carboxylic acids is 2. The molecule has 1 atom stereocenters. The van der Waals surface area contributed by atoms with E-state index < -0.39 is 5.91 Å². The molecule has 0 aliphatic carbocycles. The van der Waals surface area contributed by atoms with Gasteiger partial charge >= 0.3 is 11.8 Å². The molecular weight excluding hydrogens is 292 g/mol. The van der Waals surface area contributed by atoms with Crippen LogP contribution < -0.4 is 5.32 Å². The molecule has 126 valence electrons. The molecule has 6 nitrogen and oxygen atoms in total. The third kappa shape index (κ3) is 3.58. The highest BCUT2D eigenvalue weighted by Crippen LogP contribution is 2.16. The van der Waals surface area contributed by atoms with Crippen molar-refractivity contribution in [2.75, 3.05) is 26.2 Å². The number of aromatic nitrogens is 1. The van der Waals surface area contributed by atoms with E-state index in [1.807, 2.05) is 0 Å². The number of hydrogen-bond donors (Lipinski definition) is 1. The van der Waals surface area contributed by atoms with E-state index in [4.69, 9.17) is 0 Å². The smallest absolute Gasteiger partial charge is 0.312 e. The number of piperazine rings is 2. The molecule has 0 unspecified atom stereocenters. The first-order chi connectivity index (χ1) is 11.0. The number of hydrogen-bond acceptors (Lipinski definition) is 3. The van der Waals surface area contributed by atoms with Crippen LogP contribution in [0, 0.1) is 5.92 Å². The van der Waals surface area contributed by atoms with Gasteiger partial charge in [-0.3, -0.25) is 14.5 Å². The van der Waals surface area contributed by atoms with Gasteiger partial charge in [-0.1, -0.05) is 13.8 Å². The van der Waals surface area contributed by atoms with Crippen LogP contribution in [0.4, 0.5) is 0 Å². The van der Waals surface area contributed by atoms with E-state index in [0.29, 0.717) is 19.0 Å². The van der Waals surface area contributed by atoms with Crippen molar-refractivity contribution >= 4 is 11.8 Å². The largest absolute Gasteiger partial charge is 0.350 e. The van der Waals surface area contributed by atoms with E-state index in [9.17, 15) is 9.59 Å². The minimum absolute atomic E-state index is 0.105. The second-order valence-corrected chi connectivity index (χ2v) is 6.97. The van der Waals surface area contributed by atoms with Crippen LogP contribution in [0.5, 0.6) is 0 Å². The molecule has 0 bridgehead atoms. The molecule has 6 heteroatoms. The Kier molecular flexibility index (Phi) is 4.71. The molecule has 2 amide bonds. The minimum atomic E-state index is -0.461. The summed E-state index contributed by atoms with van der Waals surface area (Å²) in [7, 11) is 0. The first-order valence-corrected chi connectivity index (χ1v) is 8.49. The van der Waals surface area contributed by atoms with Gasteiger partial charge in [0.2, 0.25) is 0 Å². The van der Waals surface area contributed by atoms with Crippen LogP contribution in [0.1, 0.15) is 26.0 Å². The fraction of sp³-hybridized carbons (Fsp3) is 0.647. The molecule has 0 aromatic carbocycles. The highest BCUT2D eigenvalue weighted by atomic mass is 16.2. The summed E-state index contributed by atoms with van der Waals surface area (Å²) in [4.78, 5) is 27.4. The number of nitrogens with zero attached hydrogens (tertiary/aromatic N) is 3. The molecular formula is C17H26N4O2. The van der Waals surface area contributed by atoms with Gasteiger partial charge in [-0.25, -0.2) is 0 Å². The molecule has 0 saturated carbocycles. The highest BCUT2D eigenvalue weighted by molar-refractivity contribution is 6.35. The SMILES string of the molecule is CC(C)CCn1cccc1CN1CCN2C(=O)C(=O)NC[C@@H]2C1. The van der Waals surface area contributed by atoms with Crippen LogP contribution >= 0.6 is 0 Å². The lowest BCUT2D eigenvalue weighted by Gasteiger charge is -2.43. The van der Waals surface area contributed by atoms with E-state index in [2.05, 4.69) is 47.0 Å². The second kappa shape index (κ2) is 6.74. The van der Waals surface area contributed by atoms with Gasteiger partial charge in [0.25, 0.3) is 0 Å². The molecule has 0 radical (unpaired) electrons. The predicted octanol–water partition coefficient (Wildman–Crippen LogP) is 0.677. The van der Waals surface area contributed by atoms with Crippen LogP contribution in [0.15, 0.2) is 18.3 Å². The quantitative estimate of drug-likeness (QED) is 0.812. The van der Waals surface area contributed by atoms with Crippen molar-refractivity contribution < 1.29 is 9.59 Å². The lowest BCUT2D eigenvalue weighted by molar-refractivity contribution is -0.152. The topological polar surface area (TPSA) is 57.6 Å². The maximum Gasteiger partial charge on any atom is 0.312 e. The fourth-order valence-electron chi connectivity index (χ4n) is 3.36. The Morgan fingerprint density at radius 3 is 2.91 bits per heavy atom. The molecule has 1 aromatic rings. The maximum absolute atomic E-state index is 11.9. The van der Waals surface area contributed by atoms with Crippen LogP contribution in [-0.2, 0) is 22.7 Å². The summed E-state index contributed by atoms with van der Waals surface area (Å²) in [5.41, 5.74) is 1.32. The third-order valence-corrected chi connectivity index (χ3v) is 4.78. The summed E-state index contributed by atoms with van der Waals surface area (Å²) in [6.07, 6.45) is 3.33. The zero-order chi connectivity index (χ0) is 16.4. The van der Waals surface area contributed by atoms with Gasteiger partial charge in [0.1, 0.15) is 0 Å². The highest BCUT2D eigenvalue weighted by Gasteiger charge is 2.37. The summed E-state index contributed by atoms with van der Waals surface area (Å²) in [5.74, 6) is -0.135. The lowest BCUT2D eigenvalue weighted by Crippen LogP contribution is -2.65. The molecule has 2 fully saturated rings. The molecule has 23 heavy (non-hydrogen) atoms. The van der Waals surface area contributed by atoms with Crippen LogP contribution in [-0.4, -0.2) is 58.4 Å². The Morgan fingerprint density at radius 2 is 2.13 bits per heavy atom. The van der Waals surface area contributed by atoms with Crippen molar-refractivity contribution in [2.45, 2.75) is 39.4 Å². The molecule has 1 N–H and O–H groups in total. The summed E-state index contributed by atoms with van der Waals surface area (Å²) in [6.45, 7) is 9.30. The molecule has 2 aliphatic rings. The number of aryl methyl sites for hydroxylation is 1. The standard InChI is InChI=1S/C17H26N4O2/c1-13(2)5-7-20-6-3-4-14(20)11-19-8-9-21-15(12-19)10-18-16(22)17(21)23/h3-4,6,13,15H,5,7-12H2,1-2H3,(H,18,22)/t15-/m1/s1. The minimum Gasteiger partial charge on any atom is -0.350 e. The van der Waals surface area contributed by atoms with Crippen molar-refractivity contribution in [1.82, 2.24) is 19.7 Å². The number of carbonyl (C=O) groups is 2. The van der Waals surface area contributed by atoms with E-state index in [-0.39, 0.29) is 11.9 Å². The summed E-state index contributed by atoms with van der Waals surface area (Å²) in [5, 5.41) is 2.69. The maximum atomic E-state index is 11.9. The van der Waals surface area contributed by atoms with Crippen molar-refractivity contribution in [3.8, 4) is 0 Å². The van der Waals surface area contributed by atoms with Crippen molar-refractivity contribution in [3.63, 3.8) is 0 Å². The van der Waals surface area contributed by atoms with E-state index in [1.165, 1.54) is 12.1 Å². The monoisotopic (exact) mass is 318 g/mol. The van der Waals surface area contributed by atoms with Crippen LogP contribution in [0.3, 0.4) is 0 Å². The zero-order valence-electron chi connectivity index (χ0n) is 14.0. The molecule has 3 rings (SSSR count). The Hall–Kier alpha value is -1.82. The van der Waals surface area contributed by atoms with Gasteiger partial charge in [-0.05, 0) is 24.5 Å². The van der Waals surface area contributed by atoms with Crippen LogP contribution in [0.2, 0.25) is 0 Å². The molecule has 0 spiro atoms. The number of nitrogens with one attached hydrogen (secondary N) is 1. The summed E-state index contributed by atoms with van der Waals surface area (Å²) < 4.78 is 2.33.